The lowest BCUT2D eigenvalue weighted by atomic mass is 10.1. The molecule has 1 aliphatic heterocycles. The molecule has 0 saturated heterocycles. The molecule has 1 heterocycles. The zero-order chi connectivity index (χ0) is 23.6. The number of nitrogens with zero attached hydrogens (tertiary/aromatic N) is 3. The number of carbonyl (C=O) groups excluding carboxylic acids is 1. The number of fused-ring (bicyclic) bond motifs is 2. The molecule has 0 aromatic heterocycles. The van der Waals surface area contributed by atoms with E-state index in [4.69, 9.17) is 0 Å². The lowest BCUT2D eigenvalue weighted by molar-refractivity contribution is -0.122. The summed E-state index contributed by atoms with van der Waals surface area (Å²) in [5.41, 5.74) is 0.991. The van der Waals surface area contributed by atoms with Crippen LogP contribution in [0.1, 0.15) is 38.3 Å². The molecule has 7 nitrogen and oxygen atoms in total. The molecule has 33 heavy (non-hydrogen) atoms. The molecular weight excluding hydrogens is 436 g/mol. The van der Waals surface area contributed by atoms with Gasteiger partial charge in [-0.25, -0.2) is 5.01 Å². The van der Waals surface area contributed by atoms with E-state index in [9.17, 15) is 13.2 Å². The third-order valence-corrected chi connectivity index (χ3v) is 6.41. The molecule has 1 amide bonds. The van der Waals surface area contributed by atoms with Gasteiger partial charge in [-0.2, -0.15) is 13.5 Å². The Morgan fingerprint density at radius 3 is 2.52 bits per heavy atom. The first-order chi connectivity index (χ1) is 15.6. The molecule has 1 aliphatic rings. The summed E-state index contributed by atoms with van der Waals surface area (Å²) in [5.74, 6) is 0.0632. The van der Waals surface area contributed by atoms with Crippen LogP contribution in [0.15, 0.2) is 81.1 Å². The van der Waals surface area contributed by atoms with E-state index in [0.717, 1.165) is 16.3 Å². The Kier molecular flexibility index (Phi) is 6.03. The van der Waals surface area contributed by atoms with Crippen molar-refractivity contribution in [2.24, 2.45) is 9.50 Å². The van der Waals surface area contributed by atoms with Gasteiger partial charge in [0.05, 0.1) is 12.8 Å². The molecule has 0 saturated carbocycles. The zero-order valence-electron chi connectivity index (χ0n) is 18.8. The van der Waals surface area contributed by atoms with Crippen LogP contribution in [-0.2, 0) is 14.8 Å². The van der Waals surface area contributed by atoms with Crippen LogP contribution in [-0.4, -0.2) is 43.5 Å². The summed E-state index contributed by atoms with van der Waals surface area (Å²) in [5, 5.41) is 11.1. The molecule has 1 N–H and O–H groups in total. The number of carbonyl (C=O) groups is 1. The number of hydrogen-bond acceptors (Lipinski definition) is 5. The van der Waals surface area contributed by atoms with E-state index in [1.165, 1.54) is 11.1 Å². The van der Waals surface area contributed by atoms with Crippen molar-refractivity contribution < 1.29 is 13.2 Å². The van der Waals surface area contributed by atoms with E-state index in [-0.39, 0.29) is 35.1 Å². The van der Waals surface area contributed by atoms with E-state index < -0.39 is 10.0 Å². The molecular formula is C25H26N4O3S. The topological polar surface area (TPSA) is 91.2 Å². The molecule has 0 spiro atoms. The lowest BCUT2D eigenvalue weighted by Crippen LogP contribution is -2.42. The highest BCUT2D eigenvalue weighted by atomic mass is 32.2. The first kappa shape index (κ1) is 22.7. The van der Waals surface area contributed by atoms with Crippen LogP contribution < -0.4 is 5.32 Å². The highest BCUT2D eigenvalue weighted by Crippen LogP contribution is 2.28. The van der Waals surface area contributed by atoms with Gasteiger partial charge in [0.15, 0.2) is 5.84 Å². The van der Waals surface area contributed by atoms with Crippen molar-refractivity contribution >= 4 is 38.8 Å². The fourth-order valence-electron chi connectivity index (χ4n) is 3.68. The second kappa shape index (κ2) is 8.78. The van der Waals surface area contributed by atoms with Crippen LogP contribution in [0, 0.1) is 0 Å². The van der Waals surface area contributed by atoms with Gasteiger partial charge in [-0.05, 0) is 43.7 Å². The maximum absolute atomic E-state index is 12.6. The first-order valence-electron chi connectivity index (χ1n) is 10.7. The van der Waals surface area contributed by atoms with Crippen molar-refractivity contribution in [2.45, 2.75) is 37.6 Å². The van der Waals surface area contributed by atoms with Gasteiger partial charge in [-0.15, -0.1) is 4.40 Å². The van der Waals surface area contributed by atoms with Gasteiger partial charge >= 0.3 is 0 Å². The summed E-state index contributed by atoms with van der Waals surface area (Å²) in [6.07, 6.45) is 1.81. The minimum Gasteiger partial charge on any atom is -0.351 e. The Balaban J connectivity index is 1.69. The molecule has 170 valence electrons. The van der Waals surface area contributed by atoms with Crippen LogP contribution in [0.25, 0.3) is 10.8 Å². The van der Waals surface area contributed by atoms with Crippen LogP contribution in [0.3, 0.4) is 0 Å². The molecule has 0 radical (unpaired) electrons. The highest BCUT2D eigenvalue weighted by Gasteiger charge is 2.32. The molecule has 0 aliphatic carbocycles. The Bertz CT molecular complexity index is 1370. The number of amides is 1. The van der Waals surface area contributed by atoms with Crippen molar-refractivity contribution in [3.63, 3.8) is 0 Å². The number of nitrogens with one attached hydrogen (secondary N) is 1. The Hall–Kier alpha value is -3.52. The SMILES string of the molecule is CC(C)(C)NC(=O)CCN(/N=C/c1cccc2ccccc12)C1=NS(=O)(=O)c2ccccc21. The summed E-state index contributed by atoms with van der Waals surface area (Å²) in [7, 11) is -3.81. The second-order valence-electron chi connectivity index (χ2n) is 8.87. The van der Waals surface area contributed by atoms with E-state index in [1.807, 2.05) is 63.2 Å². The second-order valence-corrected chi connectivity index (χ2v) is 10.4. The maximum atomic E-state index is 12.6. The van der Waals surface area contributed by atoms with Crippen LogP contribution in [0.4, 0.5) is 0 Å². The van der Waals surface area contributed by atoms with Gasteiger partial charge in [0, 0.05) is 23.1 Å². The number of amidine groups is 1. The standard InChI is InChI=1S/C25H26N4O3S/c1-25(2,3)27-23(30)15-16-29(24-21-13-6-7-14-22(21)33(31,32)28-24)26-17-19-11-8-10-18-9-4-5-12-20(18)19/h4-14,17H,15-16H2,1-3H3,(H,27,30)/b26-17+. The third-order valence-electron chi connectivity index (χ3n) is 5.08. The van der Waals surface area contributed by atoms with Crippen LogP contribution >= 0.6 is 0 Å². The van der Waals surface area contributed by atoms with Gasteiger partial charge in [0.25, 0.3) is 10.0 Å². The fraction of sp³-hybridized carbons (Fsp3) is 0.240. The van der Waals surface area contributed by atoms with Gasteiger partial charge in [0.1, 0.15) is 4.90 Å². The maximum Gasteiger partial charge on any atom is 0.285 e. The van der Waals surface area contributed by atoms with Crippen molar-refractivity contribution in [1.29, 1.82) is 0 Å². The molecule has 0 fully saturated rings. The molecule has 0 atom stereocenters. The summed E-state index contributed by atoms with van der Waals surface area (Å²) in [6.45, 7) is 5.90. The van der Waals surface area contributed by atoms with E-state index >= 15 is 0 Å². The third kappa shape index (κ3) is 5.12. The van der Waals surface area contributed by atoms with Gasteiger partial charge in [-0.1, -0.05) is 54.6 Å². The molecule has 4 rings (SSSR count). The van der Waals surface area contributed by atoms with Crippen molar-refractivity contribution in [3.05, 3.63) is 77.9 Å². The van der Waals surface area contributed by atoms with Gasteiger partial charge in [0.2, 0.25) is 5.91 Å². The lowest BCUT2D eigenvalue weighted by Gasteiger charge is -2.22. The van der Waals surface area contributed by atoms with Gasteiger partial charge < -0.3 is 5.32 Å². The molecule has 3 aromatic carbocycles. The summed E-state index contributed by atoms with van der Waals surface area (Å²) in [6, 6.07) is 20.5. The van der Waals surface area contributed by atoms with E-state index in [0.29, 0.717) is 5.56 Å². The summed E-state index contributed by atoms with van der Waals surface area (Å²) < 4.78 is 29.2. The number of benzene rings is 3. The number of rotatable bonds is 5. The van der Waals surface area contributed by atoms with Crippen molar-refractivity contribution in [2.75, 3.05) is 6.54 Å². The Morgan fingerprint density at radius 1 is 1.03 bits per heavy atom. The van der Waals surface area contributed by atoms with E-state index in [1.54, 1.807) is 24.4 Å². The summed E-state index contributed by atoms with van der Waals surface area (Å²) in [4.78, 5) is 12.6. The minimum atomic E-state index is -3.81. The predicted molar refractivity (Wildman–Crippen MR) is 131 cm³/mol. The molecule has 0 bridgehead atoms. The number of hydrazone groups is 1. The monoisotopic (exact) mass is 462 g/mol. The highest BCUT2D eigenvalue weighted by molar-refractivity contribution is 7.90. The fourth-order valence-corrected chi connectivity index (χ4v) is 4.88. The molecule has 8 heteroatoms. The molecule has 0 unspecified atom stereocenters. The average molecular weight is 463 g/mol. The normalized spacial score (nSPS) is 14.8. The number of hydrogen-bond donors (Lipinski definition) is 1. The van der Waals surface area contributed by atoms with Crippen molar-refractivity contribution in [1.82, 2.24) is 10.3 Å². The minimum absolute atomic E-state index is 0.130. The Labute approximate surface area is 193 Å². The average Bonchev–Trinajstić information content (AvgIpc) is 3.04. The largest absolute Gasteiger partial charge is 0.351 e. The quantitative estimate of drug-likeness (QED) is 0.459. The van der Waals surface area contributed by atoms with Crippen molar-refractivity contribution in [3.8, 4) is 0 Å². The first-order valence-corrected chi connectivity index (χ1v) is 12.1. The Morgan fingerprint density at radius 2 is 1.73 bits per heavy atom. The molecule has 3 aromatic rings. The zero-order valence-corrected chi connectivity index (χ0v) is 19.6. The van der Waals surface area contributed by atoms with Crippen LogP contribution in [0.5, 0.6) is 0 Å². The van der Waals surface area contributed by atoms with E-state index in [2.05, 4.69) is 14.8 Å². The summed E-state index contributed by atoms with van der Waals surface area (Å²) >= 11 is 0. The smallest absolute Gasteiger partial charge is 0.285 e. The van der Waals surface area contributed by atoms with Gasteiger partial charge in [-0.3, -0.25) is 4.79 Å². The predicted octanol–water partition coefficient (Wildman–Crippen LogP) is 3.93. The van der Waals surface area contributed by atoms with Crippen LogP contribution in [0.2, 0.25) is 0 Å². The number of sulfonamides is 1.